The summed E-state index contributed by atoms with van der Waals surface area (Å²) in [6.07, 6.45) is 5.43. The van der Waals surface area contributed by atoms with Crippen LogP contribution in [0.4, 0.5) is 5.69 Å². The summed E-state index contributed by atoms with van der Waals surface area (Å²) in [5.41, 5.74) is 2.28. The smallest absolute Gasteiger partial charge is 0.255 e. The quantitative estimate of drug-likeness (QED) is 0.683. The number of amides is 1. The van der Waals surface area contributed by atoms with Crippen molar-refractivity contribution in [3.05, 3.63) is 72.3 Å². The molecule has 7 nitrogen and oxygen atoms in total. The number of para-hydroxylation sites is 1. The first-order valence-electron chi connectivity index (χ1n) is 9.34. The van der Waals surface area contributed by atoms with Crippen molar-refractivity contribution in [2.45, 2.75) is 25.5 Å². The van der Waals surface area contributed by atoms with Gasteiger partial charge in [0.25, 0.3) is 5.91 Å². The Morgan fingerprint density at radius 2 is 2.07 bits per heavy atom. The lowest BCUT2D eigenvalue weighted by atomic mass is 10.1. The molecular formula is C21H22N4O3. The number of carbonyl (C=O) groups excluding carboxylic acids is 1. The largest absolute Gasteiger partial charge is 0.491 e. The van der Waals surface area contributed by atoms with Gasteiger partial charge in [-0.15, -0.1) is 0 Å². The lowest BCUT2D eigenvalue weighted by Crippen LogP contribution is -2.16. The van der Waals surface area contributed by atoms with E-state index < -0.39 is 0 Å². The third-order valence-electron chi connectivity index (χ3n) is 4.64. The maximum Gasteiger partial charge on any atom is 0.255 e. The van der Waals surface area contributed by atoms with E-state index in [1.807, 2.05) is 36.4 Å². The molecular weight excluding hydrogens is 356 g/mol. The third kappa shape index (κ3) is 4.55. The summed E-state index contributed by atoms with van der Waals surface area (Å²) >= 11 is 0. The number of anilines is 1. The molecule has 0 aliphatic carbocycles. The molecule has 1 aliphatic heterocycles. The molecule has 1 saturated heterocycles. The van der Waals surface area contributed by atoms with E-state index in [0.29, 0.717) is 18.7 Å². The Balaban J connectivity index is 1.38. The van der Waals surface area contributed by atoms with Crippen molar-refractivity contribution in [2.75, 3.05) is 18.5 Å². The summed E-state index contributed by atoms with van der Waals surface area (Å²) in [6, 6.07) is 14.8. The van der Waals surface area contributed by atoms with E-state index in [0.717, 1.165) is 36.4 Å². The van der Waals surface area contributed by atoms with E-state index in [1.54, 1.807) is 23.1 Å². The SMILES string of the molecule is O=C(Nc1ccccc1Cn1cncn1)c1ccc(OC[C@H]2CCCO2)cc1. The maximum atomic E-state index is 12.6. The molecule has 0 saturated carbocycles. The second-order valence-corrected chi connectivity index (χ2v) is 6.67. The van der Waals surface area contributed by atoms with Crippen molar-refractivity contribution < 1.29 is 14.3 Å². The van der Waals surface area contributed by atoms with Crippen LogP contribution in [-0.4, -0.2) is 40.0 Å². The molecule has 3 aromatic rings. The Labute approximate surface area is 163 Å². The Hall–Kier alpha value is -3.19. The van der Waals surface area contributed by atoms with Crippen molar-refractivity contribution in [1.29, 1.82) is 0 Å². The number of carbonyl (C=O) groups is 1. The van der Waals surface area contributed by atoms with Crippen LogP contribution in [0.25, 0.3) is 0 Å². The first-order valence-corrected chi connectivity index (χ1v) is 9.34. The number of hydrogen-bond donors (Lipinski definition) is 1. The second kappa shape index (κ2) is 8.67. The van der Waals surface area contributed by atoms with Crippen LogP contribution in [0.5, 0.6) is 5.75 Å². The number of nitrogens with one attached hydrogen (secondary N) is 1. The van der Waals surface area contributed by atoms with Crippen molar-refractivity contribution in [2.24, 2.45) is 0 Å². The van der Waals surface area contributed by atoms with Crippen LogP contribution in [-0.2, 0) is 11.3 Å². The lowest BCUT2D eigenvalue weighted by Gasteiger charge is -2.13. The molecule has 7 heteroatoms. The number of nitrogens with zero attached hydrogens (tertiary/aromatic N) is 3. The Morgan fingerprint density at radius 1 is 1.21 bits per heavy atom. The topological polar surface area (TPSA) is 78.3 Å². The molecule has 144 valence electrons. The van der Waals surface area contributed by atoms with Crippen LogP contribution < -0.4 is 10.1 Å². The highest BCUT2D eigenvalue weighted by atomic mass is 16.5. The van der Waals surface area contributed by atoms with Gasteiger partial charge in [-0.3, -0.25) is 4.79 Å². The highest BCUT2D eigenvalue weighted by Crippen LogP contribution is 2.19. The van der Waals surface area contributed by atoms with Gasteiger partial charge in [-0.1, -0.05) is 18.2 Å². The van der Waals surface area contributed by atoms with Crippen molar-refractivity contribution in [3.63, 3.8) is 0 Å². The molecule has 0 unspecified atom stereocenters. The molecule has 0 bridgehead atoms. The zero-order valence-electron chi connectivity index (χ0n) is 15.5. The van der Waals surface area contributed by atoms with Gasteiger partial charge in [-0.05, 0) is 48.7 Å². The molecule has 1 N–H and O–H groups in total. The average Bonchev–Trinajstić information content (AvgIpc) is 3.42. The van der Waals surface area contributed by atoms with Gasteiger partial charge in [0.05, 0.1) is 12.6 Å². The minimum absolute atomic E-state index is 0.170. The summed E-state index contributed by atoms with van der Waals surface area (Å²) in [7, 11) is 0. The lowest BCUT2D eigenvalue weighted by molar-refractivity contribution is 0.0679. The second-order valence-electron chi connectivity index (χ2n) is 6.67. The zero-order chi connectivity index (χ0) is 19.2. The van der Waals surface area contributed by atoms with Crippen LogP contribution in [0.15, 0.2) is 61.2 Å². The van der Waals surface area contributed by atoms with Gasteiger partial charge >= 0.3 is 0 Å². The molecule has 4 rings (SSSR count). The summed E-state index contributed by atoms with van der Waals surface area (Å²) in [5, 5.41) is 7.09. The summed E-state index contributed by atoms with van der Waals surface area (Å²) in [4.78, 5) is 16.6. The third-order valence-corrected chi connectivity index (χ3v) is 4.64. The molecule has 1 aromatic heterocycles. The van der Waals surface area contributed by atoms with E-state index in [4.69, 9.17) is 9.47 Å². The molecule has 1 fully saturated rings. The number of aromatic nitrogens is 3. The van der Waals surface area contributed by atoms with Crippen molar-refractivity contribution in [1.82, 2.24) is 14.8 Å². The molecule has 0 radical (unpaired) electrons. The monoisotopic (exact) mass is 378 g/mol. The van der Waals surface area contributed by atoms with Gasteiger partial charge in [0, 0.05) is 17.9 Å². The average molecular weight is 378 g/mol. The zero-order valence-corrected chi connectivity index (χ0v) is 15.5. The number of hydrogen-bond acceptors (Lipinski definition) is 5. The van der Waals surface area contributed by atoms with Gasteiger partial charge < -0.3 is 14.8 Å². The minimum atomic E-state index is -0.170. The van der Waals surface area contributed by atoms with Crippen molar-refractivity contribution in [3.8, 4) is 5.75 Å². The van der Waals surface area contributed by atoms with E-state index >= 15 is 0 Å². The van der Waals surface area contributed by atoms with Gasteiger partial charge in [-0.25, -0.2) is 9.67 Å². The van der Waals surface area contributed by atoms with Crippen LogP contribution in [0.1, 0.15) is 28.8 Å². The molecule has 28 heavy (non-hydrogen) atoms. The molecule has 1 aliphatic rings. The molecule has 1 amide bonds. The standard InChI is InChI=1S/C21H22N4O3/c26-21(16-7-9-18(10-8-16)28-13-19-5-3-11-27-19)24-20-6-2-1-4-17(20)12-25-15-22-14-23-25/h1-2,4,6-10,14-15,19H,3,5,11-13H2,(H,24,26)/t19-/m1/s1. The first kappa shape index (κ1) is 18.2. The van der Waals surface area contributed by atoms with Crippen LogP contribution in [0.3, 0.4) is 0 Å². The van der Waals surface area contributed by atoms with E-state index in [2.05, 4.69) is 15.4 Å². The highest BCUT2D eigenvalue weighted by Gasteiger charge is 2.16. The van der Waals surface area contributed by atoms with Crippen LogP contribution in [0, 0.1) is 0 Å². The first-order chi connectivity index (χ1) is 13.8. The van der Waals surface area contributed by atoms with Gasteiger partial charge in [0.1, 0.15) is 25.0 Å². The van der Waals surface area contributed by atoms with Gasteiger partial charge in [-0.2, -0.15) is 5.10 Å². The Bertz CT molecular complexity index is 904. The van der Waals surface area contributed by atoms with Crippen LogP contribution in [0.2, 0.25) is 0 Å². The van der Waals surface area contributed by atoms with E-state index in [1.165, 1.54) is 6.33 Å². The van der Waals surface area contributed by atoms with Gasteiger partial charge in [0.15, 0.2) is 0 Å². The van der Waals surface area contributed by atoms with E-state index in [9.17, 15) is 4.79 Å². The van der Waals surface area contributed by atoms with E-state index in [-0.39, 0.29) is 12.0 Å². The fraction of sp³-hybridized carbons (Fsp3) is 0.286. The van der Waals surface area contributed by atoms with Crippen molar-refractivity contribution >= 4 is 11.6 Å². The fourth-order valence-electron chi connectivity index (χ4n) is 3.13. The Kier molecular flexibility index (Phi) is 5.63. The van der Waals surface area contributed by atoms with Crippen LogP contribution >= 0.6 is 0 Å². The summed E-state index contributed by atoms with van der Waals surface area (Å²) in [6.45, 7) is 1.89. The molecule has 2 aromatic carbocycles. The molecule has 1 atom stereocenters. The highest BCUT2D eigenvalue weighted by molar-refractivity contribution is 6.04. The molecule has 0 spiro atoms. The number of rotatable bonds is 7. The summed E-state index contributed by atoms with van der Waals surface area (Å²) < 4.78 is 13.0. The molecule has 2 heterocycles. The Morgan fingerprint density at radius 3 is 2.82 bits per heavy atom. The predicted octanol–water partition coefficient (Wildman–Crippen LogP) is 3.14. The summed E-state index contributed by atoms with van der Waals surface area (Å²) in [5.74, 6) is 0.565. The number of benzene rings is 2. The fourth-order valence-corrected chi connectivity index (χ4v) is 3.13. The minimum Gasteiger partial charge on any atom is -0.491 e. The maximum absolute atomic E-state index is 12.6. The number of ether oxygens (including phenoxy) is 2. The predicted molar refractivity (Wildman–Crippen MR) is 104 cm³/mol. The van der Waals surface area contributed by atoms with Gasteiger partial charge in [0.2, 0.25) is 0 Å². The normalized spacial score (nSPS) is 16.1.